The van der Waals surface area contributed by atoms with E-state index in [1.165, 1.54) is 19.3 Å². The number of furan rings is 1. The van der Waals surface area contributed by atoms with E-state index in [1.54, 1.807) is 6.21 Å². The standard InChI is InChI=1S/C23H33N5O3/c1-18-14-21(31-19(18)2)17-24-16-20-15-22(28-9-11-29-12-10-28)26-23(25-20)30-13-8-27-6-4-3-5-7-27/h14-16H,3-13,17H2,1-2H3. The SMILES string of the molecule is Cc1cc(CN=Cc2cc(N3CCOCC3)nc(OCCN3CCCCC3)n2)oc1C. The summed E-state index contributed by atoms with van der Waals surface area (Å²) in [4.78, 5) is 18.4. The highest BCUT2D eigenvalue weighted by Gasteiger charge is 2.16. The van der Waals surface area contributed by atoms with Gasteiger partial charge in [0, 0.05) is 31.9 Å². The molecule has 0 atom stereocenters. The van der Waals surface area contributed by atoms with E-state index < -0.39 is 0 Å². The van der Waals surface area contributed by atoms with Crippen molar-refractivity contribution in [1.29, 1.82) is 0 Å². The number of rotatable bonds is 8. The van der Waals surface area contributed by atoms with Gasteiger partial charge in [0.2, 0.25) is 0 Å². The summed E-state index contributed by atoms with van der Waals surface area (Å²) in [6.07, 6.45) is 5.66. The predicted molar refractivity (Wildman–Crippen MR) is 120 cm³/mol. The molecule has 0 aliphatic carbocycles. The second-order valence-corrected chi connectivity index (χ2v) is 8.21. The molecule has 4 rings (SSSR count). The summed E-state index contributed by atoms with van der Waals surface area (Å²) < 4.78 is 17.2. The molecule has 0 saturated carbocycles. The van der Waals surface area contributed by atoms with Crippen molar-refractivity contribution in [3.05, 3.63) is 34.9 Å². The zero-order valence-electron chi connectivity index (χ0n) is 18.7. The molecular formula is C23H33N5O3. The molecule has 8 heteroatoms. The molecule has 2 aromatic rings. The highest BCUT2D eigenvalue weighted by molar-refractivity contribution is 5.78. The quantitative estimate of drug-likeness (QED) is 0.600. The van der Waals surface area contributed by atoms with Crippen LogP contribution in [-0.2, 0) is 11.3 Å². The van der Waals surface area contributed by atoms with Crippen LogP contribution in [0.1, 0.15) is 42.0 Å². The smallest absolute Gasteiger partial charge is 0.319 e. The number of nitrogens with zero attached hydrogens (tertiary/aromatic N) is 5. The Morgan fingerprint density at radius 1 is 1.06 bits per heavy atom. The Labute approximate surface area is 184 Å². The van der Waals surface area contributed by atoms with Crippen LogP contribution >= 0.6 is 0 Å². The monoisotopic (exact) mass is 427 g/mol. The van der Waals surface area contributed by atoms with Crippen molar-refractivity contribution in [2.75, 3.05) is 57.4 Å². The number of ether oxygens (including phenoxy) is 2. The first-order chi connectivity index (χ1) is 15.2. The van der Waals surface area contributed by atoms with Gasteiger partial charge in [-0.1, -0.05) is 6.42 Å². The van der Waals surface area contributed by atoms with Crippen LogP contribution in [-0.4, -0.2) is 73.6 Å². The van der Waals surface area contributed by atoms with Gasteiger partial charge in [-0.2, -0.15) is 9.97 Å². The van der Waals surface area contributed by atoms with Gasteiger partial charge in [0.15, 0.2) is 0 Å². The van der Waals surface area contributed by atoms with Crippen LogP contribution in [0.15, 0.2) is 21.5 Å². The summed E-state index contributed by atoms with van der Waals surface area (Å²) in [5.41, 5.74) is 1.88. The molecule has 0 amide bonds. The summed E-state index contributed by atoms with van der Waals surface area (Å²) >= 11 is 0. The molecule has 0 radical (unpaired) electrons. The molecule has 2 fully saturated rings. The number of anilines is 1. The van der Waals surface area contributed by atoms with Crippen LogP contribution in [0.2, 0.25) is 0 Å². The lowest BCUT2D eigenvalue weighted by Crippen LogP contribution is -2.37. The van der Waals surface area contributed by atoms with E-state index in [-0.39, 0.29) is 0 Å². The largest absolute Gasteiger partial charge is 0.464 e. The lowest BCUT2D eigenvalue weighted by atomic mass is 10.1. The topological polar surface area (TPSA) is 76.2 Å². The third-order valence-electron chi connectivity index (χ3n) is 5.82. The number of morpholine rings is 1. The van der Waals surface area contributed by atoms with Crippen molar-refractivity contribution < 1.29 is 13.9 Å². The molecule has 0 spiro atoms. The molecule has 0 aromatic carbocycles. The highest BCUT2D eigenvalue weighted by Crippen LogP contribution is 2.18. The molecule has 2 aromatic heterocycles. The lowest BCUT2D eigenvalue weighted by Gasteiger charge is -2.28. The van der Waals surface area contributed by atoms with Gasteiger partial charge in [0.25, 0.3) is 0 Å². The Balaban J connectivity index is 1.43. The number of hydrogen-bond acceptors (Lipinski definition) is 8. The number of hydrogen-bond donors (Lipinski definition) is 0. The molecule has 4 heterocycles. The van der Waals surface area contributed by atoms with E-state index in [1.807, 2.05) is 26.0 Å². The van der Waals surface area contributed by atoms with Gasteiger partial charge in [-0.25, -0.2) is 0 Å². The summed E-state index contributed by atoms with van der Waals surface area (Å²) in [6.45, 7) is 11.3. The number of aromatic nitrogens is 2. The number of likely N-dealkylation sites (tertiary alicyclic amines) is 1. The van der Waals surface area contributed by atoms with E-state index in [4.69, 9.17) is 13.9 Å². The van der Waals surface area contributed by atoms with Crippen LogP contribution in [0.25, 0.3) is 0 Å². The number of piperidine rings is 1. The van der Waals surface area contributed by atoms with Crippen LogP contribution < -0.4 is 9.64 Å². The van der Waals surface area contributed by atoms with Gasteiger partial charge in [-0.05, 0) is 51.4 Å². The maximum atomic E-state index is 5.96. The second kappa shape index (κ2) is 10.7. The third kappa shape index (κ3) is 6.27. The number of aryl methyl sites for hydroxylation is 2. The van der Waals surface area contributed by atoms with E-state index >= 15 is 0 Å². The van der Waals surface area contributed by atoms with Crippen molar-refractivity contribution >= 4 is 12.0 Å². The van der Waals surface area contributed by atoms with E-state index in [0.717, 1.165) is 61.3 Å². The normalized spacial score (nSPS) is 18.1. The third-order valence-corrected chi connectivity index (χ3v) is 5.82. The maximum absolute atomic E-state index is 5.96. The lowest BCUT2D eigenvalue weighted by molar-refractivity contribution is 0.122. The molecule has 0 N–H and O–H groups in total. The van der Waals surface area contributed by atoms with Gasteiger partial charge in [0.05, 0.1) is 25.5 Å². The van der Waals surface area contributed by atoms with Gasteiger partial charge >= 0.3 is 6.01 Å². The summed E-state index contributed by atoms with van der Waals surface area (Å²) in [7, 11) is 0. The maximum Gasteiger partial charge on any atom is 0.319 e. The van der Waals surface area contributed by atoms with Gasteiger partial charge in [-0.3, -0.25) is 9.89 Å². The molecule has 2 saturated heterocycles. The molecule has 2 aliphatic heterocycles. The van der Waals surface area contributed by atoms with Crippen molar-refractivity contribution in [3.63, 3.8) is 0 Å². The van der Waals surface area contributed by atoms with Crippen LogP contribution in [0.3, 0.4) is 0 Å². The minimum atomic E-state index is 0.409. The van der Waals surface area contributed by atoms with Crippen LogP contribution in [0.4, 0.5) is 5.82 Å². The average Bonchev–Trinajstić information content (AvgIpc) is 3.12. The summed E-state index contributed by atoms with van der Waals surface area (Å²) in [5, 5.41) is 0. The Hall–Kier alpha value is -2.45. The van der Waals surface area contributed by atoms with Crippen LogP contribution in [0, 0.1) is 13.8 Å². The van der Waals surface area contributed by atoms with E-state index in [2.05, 4.69) is 24.8 Å². The van der Waals surface area contributed by atoms with E-state index in [9.17, 15) is 0 Å². The van der Waals surface area contributed by atoms with Gasteiger partial charge in [0.1, 0.15) is 23.9 Å². The fourth-order valence-electron chi connectivity index (χ4n) is 3.92. The van der Waals surface area contributed by atoms with Crippen molar-refractivity contribution in [2.24, 2.45) is 4.99 Å². The highest BCUT2D eigenvalue weighted by atomic mass is 16.5. The molecule has 2 aliphatic rings. The molecule has 31 heavy (non-hydrogen) atoms. The first-order valence-corrected chi connectivity index (χ1v) is 11.3. The van der Waals surface area contributed by atoms with Crippen LogP contribution in [0.5, 0.6) is 6.01 Å². The van der Waals surface area contributed by atoms with Crippen molar-refractivity contribution in [1.82, 2.24) is 14.9 Å². The minimum Gasteiger partial charge on any atom is -0.464 e. The molecule has 168 valence electrons. The summed E-state index contributed by atoms with van der Waals surface area (Å²) in [6, 6.07) is 4.40. The van der Waals surface area contributed by atoms with E-state index in [0.29, 0.717) is 32.4 Å². The Morgan fingerprint density at radius 2 is 1.87 bits per heavy atom. The Kier molecular flexibility index (Phi) is 7.53. The molecule has 8 nitrogen and oxygen atoms in total. The predicted octanol–water partition coefficient (Wildman–Crippen LogP) is 3.01. The Bertz CT molecular complexity index is 851. The molecular weight excluding hydrogens is 394 g/mol. The van der Waals surface area contributed by atoms with Gasteiger partial charge < -0.3 is 18.8 Å². The van der Waals surface area contributed by atoms with Gasteiger partial charge in [-0.15, -0.1) is 0 Å². The molecule has 0 unspecified atom stereocenters. The summed E-state index contributed by atoms with van der Waals surface area (Å²) in [5.74, 6) is 2.65. The fraction of sp³-hybridized carbons (Fsp3) is 0.609. The fourth-order valence-corrected chi connectivity index (χ4v) is 3.92. The first-order valence-electron chi connectivity index (χ1n) is 11.3. The second-order valence-electron chi connectivity index (χ2n) is 8.21. The average molecular weight is 428 g/mol. The minimum absolute atomic E-state index is 0.409. The number of aliphatic imine (C=N–C) groups is 1. The van der Waals surface area contributed by atoms with Crippen molar-refractivity contribution in [3.8, 4) is 6.01 Å². The molecule has 0 bridgehead atoms. The zero-order chi connectivity index (χ0) is 21.5. The first kappa shape index (κ1) is 21.8. The zero-order valence-corrected chi connectivity index (χ0v) is 18.7. The Morgan fingerprint density at radius 3 is 2.61 bits per heavy atom. The van der Waals surface area contributed by atoms with Crippen molar-refractivity contribution in [2.45, 2.75) is 39.7 Å².